The Morgan fingerprint density at radius 3 is 2.19 bits per heavy atom. The lowest BCUT2D eigenvalue weighted by Crippen LogP contribution is -2.34. The Morgan fingerprint density at radius 2 is 1.46 bits per heavy atom. The van der Waals surface area contributed by atoms with E-state index in [-0.39, 0.29) is 0 Å². The van der Waals surface area contributed by atoms with E-state index in [4.69, 9.17) is 13.6 Å². The molecule has 0 saturated carbocycles. The van der Waals surface area contributed by atoms with E-state index in [1.807, 2.05) is 86.0 Å². The van der Waals surface area contributed by atoms with Gasteiger partial charge in [-0.15, -0.1) is 0 Å². The lowest BCUT2D eigenvalue weighted by Gasteiger charge is -2.23. The lowest BCUT2D eigenvalue weighted by atomic mass is 10.2. The second-order valence-corrected chi connectivity index (χ2v) is 9.78. The third-order valence-corrected chi connectivity index (χ3v) is 5.45. The molecule has 0 N–H and O–H groups in total. The van der Waals surface area contributed by atoms with Crippen molar-refractivity contribution in [2.24, 2.45) is 0 Å². The first-order valence-electron chi connectivity index (χ1n) is 8.59. The maximum atomic E-state index is 6.08. The third kappa shape index (κ3) is 5.81. The quantitative estimate of drug-likeness (QED) is 0.507. The van der Waals surface area contributed by atoms with Crippen LogP contribution in [0.5, 0.6) is 11.5 Å². The van der Waals surface area contributed by atoms with Crippen LogP contribution in [0.3, 0.4) is 0 Å². The van der Waals surface area contributed by atoms with Crippen LogP contribution < -0.4 is 4.74 Å². The Hall–Kier alpha value is -2.47. The number of hydrogen-bond acceptors (Lipinski definition) is 4. The van der Waals surface area contributed by atoms with E-state index in [9.17, 15) is 0 Å². The van der Waals surface area contributed by atoms with Crippen molar-refractivity contribution in [2.75, 3.05) is 0 Å². The highest BCUT2D eigenvalue weighted by Gasteiger charge is 2.24. The number of ether oxygens (including phenoxy) is 1. The highest BCUT2D eigenvalue weighted by Crippen LogP contribution is 2.23. The second-order valence-electron chi connectivity index (χ2n) is 6.40. The fourth-order valence-corrected chi connectivity index (χ4v) is 3.47. The average Bonchev–Trinajstić information content (AvgIpc) is 2.67. The largest absolute Gasteiger partial charge is 0.457 e. The second kappa shape index (κ2) is 8.76. The van der Waals surface area contributed by atoms with Gasteiger partial charge in [-0.1, -0.05) is 36.4 Å². The van der Waals surface area contributed by atoms with Gasteiger partial charge in [0.25, 0.3) is 0 Å². The summed E-state index contributed by atoms with van der Waals surface area (Å²) in [5.74, 6) is 1.62. The Labute approximate surface area is 155 Å². The van der Waals surface area contributed by atoms with E-state index < -0.39 is 8.56 Å². The molecule has 0 fully saturated rings. The Balaban J connectivity index is 1.54. The van der Waals surface area contributed by atoms with Crippen molar-refractivity contribution in [1.82, 2.24) is 4.98 Å². The van der Waals surface area contributed by atoms with Crippen LogP contribution in [0.15, 0.2) is 79.1 Å². The Morgan fingerprint density at radius 1 is 0.769 bits per heavy atom. The van der Waals surface area contributed by atoms with Crippen molar-refractivity contribution in [3.05, 3.63) is 90.3 Å². The molecule has 0 radical (unpaired) electrons. The SMILES string of the molecule is C[Si](C)(OCc1cccnc1)OCc1cccc(Oc2ccccc2)c1. The number of para-hydroxylation sites is 1. The van der Waals surface area contributed by atoms with Gasteiger partial charge in [0, 0.05) is 12.4 Å². The lowest BCUT2D eigenvalue weighted by molar-refractivity contribution is 0.164. The fraction of sp³-hybridized carbons (Fsp3) is 0.190. The Bertz CT molecular complexity index is 810. The first kappa shape index (κ1) is 18.3. The van der Waals surface area contributed by atoms with E-state index in [0.717, 1.165) is 22.6 Å². The van der Waals surface area contributed by atoms with Gasteiger partial charge in [0.1, 0.15) is 11.5 Å². The van der Waals surface area contributed by atoms with Crippen LogP contribution >= 0.6 is 0 Å². The molecule has 0 atom stereocenters. The zero-order valence-corrected chi connectivity index (χ0v) is 16.1. The van der Waals surface area contributed by atoms with Crippen LogP contribution in [0.25, 0.3) is 0 Å². The van der Waals surface area contributed by atoms with Gasteiger partial charge < -0.3 is 13.6 Å². The molecule has 5 heteroatoms. The predicted octanol–water partition coefficient (Wildman–Crippen LogP) is 5.31. The van der Waals surface area contributed by atoms with E-state index in [1.54, 1.807) is 6.20 Å². The summed E-state index contributed by atoms with van der Waals surface area (Å²) in [6.07, 6.45) is 3.57. The summed E-state index contributed by atoms with van der Waals surface area (Å²) in [4.78, 5) is 4.10. The van der Waals surface area contributed by atoms with E-state index in [2.05, 4.69) is 4.98 Å². The van der Waals surface area contributed by atoms with Crippen LogP contribution in [-0.2, 0) is 22.1 Å². The van der Waals surface area contributed by atoms with Gasteiger partial charge >= 0.3 is 8.56 Å². The van der Waals surface area contributed by atoms with Gasteiger partial charge in [-0.3, -0.25) is 4.98 Å². The number of benzene rings is 2. The molecule has 1 aromatic heterocycles. The number of hydrogen-bond donors (Lipinski definition) is 0. The van der Waals surface area contributed by atoms with Crippen molar-refractivity contribution in [2.45, 2.75) is 26.3 Å². The molecule has 0 amide bonds. The minimum absolute atomic E-state index is 0.498. The van der Waals surface area contributed by atoms with Crippen LogP contribution in [0.4, 0.5) is 0 Å². The number of nitrogens with zero attached hydrogens (tertiary/aromatic N) is 1. The fourth-order valence-electron chi connectivity index (χ4n) is 2.36. The molecule has 3 aromatic rings. The zero-order chi connectivity index (χ0) is 18.2. The molecule has 0 unspecified atom stereocenters. The topological polar surface area (TPSA) is 40.6 Å². The molecule has 0 aliphatic carbocycles. The van der Waals surface area contributed by atoms with Gasteiger partial charge in [-0.2, -0.15) is 0 Å². The zero-order valence-electron chi connectivity index (χ0n) is 15.1. The molecule has 2 aromatic carbocycles. The van der Waals surface area contributed by atoms with Crippen LogP contribution in [-0.4, -0.2) is 13.5 Å². The Kier molecular flexibility index (Phi) is 6.17. The maximum absolute atomic E-state index is 6.08. The van der Waals surface area contributed by atoms with E-state index in [0.29, 0.717) is 13.2 Å². The van der Waals surface area contributed by atoms with Crippen molar-refractivity contribution < 1.29 is 13.6 Å². The van der Waals surface area contributed by atoms with Gasteiger partial charge in [0.15, 0.2) is 0 Å². The van der Waals surface area contributed by atoms with Crippen molar-refractivity contribution in [1.29, 1.82) is 0 Å². The molecule has 4 nitrogen and oxygen atoms in total. The molecule has 0 spiro atoms. The molecule has 26 heavy (non-hydrogen) atoms. The first-order valence-corrected chi connectivity index (χ1v) is 11.4. The molecular formula is C21H23NO3Si. The third-order valence-electron chi connectivity index (χ3n) is 3.77. The van der Waals surface area contributed by atoms with Gasteiger partial charge in [-0.25, -0.2) is 0 Å². The van der Waals surface area contributed by atoms with Crippen molar-refractivity contribution in [3.8, 4) is 11.5 Å². The van der Waals surface area contributed by atoms with E-state index in [1.165, 1.54) is 0 Å². The summed E-state index contributed by atoms with van der Waals surface area (Å²) in [7, 11) is -2.23. The minimum Gasteiger partial charge on any atom is -0.457 e. The predicted molar refractivity (Wildman–Crippen MR) is 104 cm³/mol. The van der Waals surface area contributed by atoms with Gasteiger partial charge in [0.05, 0.1) is 13.2 Å². The molecule has 0 aliphatic heterocycles. The molecule has 3 rings (SSSR count). The number of rotatable bonds is 8. The summed E-state index contributed by atoms with van der Waals surface area (Å²) in [6, 6.07) is 21.6. The van der Waals surface area contributed by atoms with Crippen LogP contribution in [0, 0.1) is 0 Å². The average molecular weight is 366 g/mol. The van der Waals surface area contributed by atoms with Crippen molar-refractivity contribution >= 4 is 8.56 Å². The molecular weight excluding hydrogens is 342 g/mol. The summed E-state index contributed by atoms with van der Waals surface area (Å²) in [5, 5.41) is 0. The standard InChI is InChI=1S/C21H23NO3Si/c1-26(2,24-17-19-9-7-13-22-15-19)23-16-18-8-6-12-21(14-18)25-20-10-4-3-5-11-20/h3-15H,16-17H2,1-2H3. The molecule has 0 bridgehead atoms. The number of aromatic nitrogens is 1. The number of pyridine rings is 1. The van der Waals surface area contributed by atoms with E-state index >= 15 is 0 Å². The smallest absolute Gasteiger partial charge is 0.332 e. The first-order chi connectivity index (χ1) is 12.6. The normalized spacial score (nSPS) is 11.3. The summed E-state index contributed by atoms with van der Waals surface area (Å²) >= 11 is 0. The molecule has 0 aliphatic rings. The maximum Gasteiger partial charge on any atom is 0.332 e. The monoisotopic (exact) mass is 365 g/mol. The minimum atomic E-state index is -2.23. The van der Waals surface area contributed by atoms with Gasteiger partial charge in [-0.05, 0) is 54.6 Å². The highest BCUT2D eigenvalue weighted by molar-refractivity contribution is 6.64. The summed E-state index contributed by atoms with van der Waals surface area (Å²) in [5.41, 5.74) is 2.11. The molecule has 134 valence electrons. The summed E-state index contributed by atoms with van der Waals surface area (Å²) < 4.78 is 18.0. The molecule has 0 saturated heterocycles. The van der Waals surface area contributed by atoms with Crippen LogP contribution in [0.1, 0.15) is 11.1 Å². The van der Waals surface area contributed by atoms with Gasteiger partial charge in [0.2, 0.25) is 0 Å². The highest BCUT2D eigenvalue weighted by atomic mass is 28.4. The molecule has 1 heterocycles. The summed E-state index contributed by atoms with van der Waals surface area (Å²) in [6.45, 7) is 5.11. The van der Waals surface area contributed by atoms with Crippen molar-refractivity contribution in [3.63, 3.8) is 0 Å². The van der Waals surface area contributed by atoms with Crippen LogP contribution in [0.2, 0.25) is 13.1 Å².